The quantitative estimate of drug-likeness (QED) is 0.417. The van der Waals surface area contributed by atoms with Gasteiger partial charge >= 0.3 is 0 Å². The van der Waals surface area contributed by atoms with Crippen LogP contribution in [0.4, 0.5) is 0 Å². The van der Waals surface area contributed by atoms with E-state index in [1.54, 1.807) is 12.1 Å². The maximum absolute atomic E-state index is 13.5. The summed E-state index contributed by atoms with van der Waals surface area (Å²) < 4.78 is 30.2. The number of rotatable bonds is 7. The van der Waals surface area contributed by atoms with Crippen LogP contribution < -0.4 is 15.1 Å². The molecule has 0 aliphatic carbocycles. The molecule has 0 amide bonds. The summed E-state index contributed by atoms with van der Waals surface area (Å²) in [7, 11) is -6.35. The smallest absolute Gasteiger partial charge is 0.207 e. The molecule has 1 atom stereocenters. The van der Waals surface area contributed by atoms with Crippen molar-refractivity contribution in [2.45, 2.75) is 24.0 Å². The molecule has 0 aliphatic rings. The molecule has 0 saturated heterocycles. The number of hydrogen-bond acceptors (Lipinski definition) is 2. The van der Waals surface area contributed by atoms with E-state index in [0.717, 1.165) is 11.1 Å². The van der Waals surface area contributed by atoms with Crippen LogP contribution in [0.15, 0.2) is 120 Å². The van der Waals surface area contributed by atoms with E-state index >= 15 is 0 Å². The van der Waals surface area contributed by atoms with Crippen LogP contribution in [0.3, 0.4) is 0 Å². The molecule has 0 radical (unpaired) electrons. The average Bonchev–Trinajstić information content (AvgIpc) is 2.84. The van der Waals surface area contributed by atoms with E-state index < -0.39 is 18.1 Å². The molecule has 4 aromatic rings. The van der Waals surface area contributed by atoms with Crippen molar-refractivity contribution in [1.29, 1.82) is 0 Å². The van der Waals surface area contributed by atoms with Crippen LogP contribution in [0.2, 0.25) is 6.55 Å². The lowest BCUT2D eigenvalue weighted by atomic mass is 10.2. The van der Waals surface area contributed by atoms with Crippen molar-refractivity contribution in [3.8, 4) is 0 Å². The Balaban J connectivity index is 1.91. The molecule has 1 unspecified atom stereocenters. The zero-order valence-electron chi connectivity index (χ0n) is 18.3. The van der Waals surface area contributed by atoms with Gasteiger partial charge in [0.1, 0.15) is 8.07 Å². The molecule has 0 fully saturated rings. The van der Waals surface area contributed by atoms with Gasteiger partial charge in [-0.2, -0.15) is 0 Å². The summed E-state index contributed by atoms with van der Waals surface area (Å²) in [6, 6.07) is 37.5. The molecule has 32 heavy (non-hydrogen) atoms. The van der Waals surface area contributed by atoms with E-state index in [0.29, 0.717) is 0 Å². The first-order valence-corrected chi connectivity index (χ1v) is 14.7. The summed E-state index contributed by atoms with van der Waals surface area (Å²) in [6.07, 6.45) is 0. The Morgan fingerprint density at radius 3 is 1.56 bits per heavy atom. The predicted molar refractivity (Wildman–Crippen MR) is 134 cm³/mol. The fourth-order valence-electron chi connectivity index (χ4n) is 4.17. The molecule has 3 nitrogen and oxygen atoms in total. The van der Waals surface area contributed by atoms with Crippen molar-refractivity contribution in [3.05, 3.63) is 126 Å². The number of sulfonamides is 1. The van der Waals surface area contributed by atoms with Crippen molar-refractivity contribution in [3.63, 3.8) is 0 Å². The molecule has 0 heterocycles. The van der Waals surface area contributed by atoms with Crippen LogP contribution in [-0.4, -0.2) is 16.5 Å². The lowest BCUT2D eigenvalue weighted by Crippen LogP contribution is -2.64. The van der Waals surface area contributed by atoms with Crippen LogP contribution in [0.1, 0.15) is 16.8 Å². The Morgan fingerprint density at radius 2 is 1.09 bits per heavy atom. The van der Waals surface area contributed by atoms with Gasteiger partial charge in [-0.25, -0.2) is 13.1 Å². The van der Waals surface area contributed by atoms with Gasteiger partial charge in [0.25, 0.3) is 0 Å². The molecule has 1 N–H and O–H groups in total. The molecule has 4 aromatic carbocycles. The fraction of sp³-hybridized carbons (Fsp3) is 0.111. The lowest BCUT2D eigenvalue weighted by molar-refractivity contribution is 0.578. The van der Waals surface area contributed by atoms with Gasteiger partial charge in [-0.1, -0.05) is 126 Å². The summed E-state index contributed by atoms with van der Waals surface area (Å²) in [5, 5.41) is 2.35. The molecule has 0 saturated carbocycles. The minimum atomic E-state index is -3.74. The average molecular weight is 458 g/mol. The second kappa shape index (κ2) is 9.24. The third kappa shape index (κ3) is 4.46. The third-order valence-electron chi connectivity index (χ3n) is 6.06. The van der Waals surface area contributed by atoms with Crippen molar-refractivity contribution in [2.75, 3.05) is 0 Å². The number of nitrogens with one attached hydrogen (secondary N) is 1. The highest BCUT2D eigenvalue weighted by Gasteiger charge is 2.43. The van der Waals surface area contributed by atoms with E-state index in [-0.39, 0.29) is 10.6 Å². The number of aryl methyl sites for hydroxylation is 1. The lowest BCUT2D eigenvalue weighted by Gasteiger charge is -2.37. The largest absolute Gasteiger partial charge is 0.240 e. The maximum atomic E-state index is 13.5. The van der Waals surface area contributed by atoms with Crippen molar-refractivity contribution >= 4 is 28.5 Å². The topological polar surface area (TPSA) is 46.2 Å². The molecular weight excluding hydrogens is 430 g/mol. The summed E-state index contributed by atoms with van der Waals surface area (Å²) >= 11 is 0. The summed E-state index contributed by atoms with van der Waals surface area (Å²) in [5.41, 5.74) is 1.60. The van der Waals surface area contributed by atoms with Crippen LogP contribution in [-0.2, 0) is 10.0 Å². The second-order valence-electron chi connectivity index (χ2n) is 8.21. The molecule has 5 heteroatoms. The second-order valence-corrected chi connectivity index (χ2v) is 14.1. The first-order valence-electron chi connectivity index (χ1n) is 10.7. The first kappa shape index (κ1) is 22.2. The van der Waals surface area contributed by atoms with Gasteiger partial charge in [-0.05, 0) is 24.6 Å². The van der Waals surface area contributed by atoms with E-state index in [1.165, 1.54) is 10.4 Å². The molecular formula is C27H27NO2SSi. The van der Waals surface area contributed by atoms with E-state index in [1.807, 2.05) is 85.8 Å². The minimum absolute atomic E-state index is 0.279. The summed E-state index contributed by atoms with van der Waals surface area (Å²) in [5.74, 6) is 0. The fourth-order valence-corrected chi connectivity index (χ4v) is 10.3. The molecule has 0 bridgehead atoms. The highest BCUT2D eigenvalue weighted by Crippen LogP contribution is 2.27. The Morgan fingerprint density at radius 1 is 0.656 bits per heavy atom. The van der Waals surface area contributed by atoms with Crippen molar-refractivity contribution in [2.24, 2.45) is 0 Å². The summed E-state index contributed by atoms with van der Waals surface area (Å²) in [6.45, 7) is 4.19. The third-order valence-corrected chi connectivity index (χ3v) is 12.4. The molecule has 0 aromatic heterocycles. The molecule has 4 rings (SSSR count). The van der Waals surface area contributed by atoms with Gasteiger partial charge in [-0.3, -0.25) is 0 Å². The zero-order valence-corrected chi connectivity index (χ0v) is 20.1. The molecule has 162 valence electrons. The SMILES string of the molecule is Cc1ccc(S(=O)(=O)NC(c2ccccc2)[Si](C)(c2ccccc2)c2ccccc2)cc1. The van der Waals surface area contributed by atoms with Crippen LogP contribution in [0.5, 0.6) is 0 Å². The number of benzene rings is 4. The van der Waals surface area contributed by atoms with E-state index in [4.69, 9.17) is 0 Å². The van der Waals surface area contributed by atoms with Gasteiger partial charge in [0.2, 0.25) is 10.0 Å². The normalized spacial score (nSPS) is 12.9. The first-order chi connectivity index (χ1) is 15.4. The number of hydrogen-bond donors (Lipinski definition) is 1. The van der Waals surface area contributed by atoms with E-state index in [9.17, 15) is 8.42 Å². The Kier molecular flexibility index (Phi) is 6.42. The highest BCUT2D eigenvalue weighted by atomic mass is 32.2. The Labute approximate surface area is 191 Å². The van der Waals surface area contributed by atoms with Gasteiger partial charge in [0, 0.05) is 5.67 Å². The van der Waals surface area contributed by atoms with Gasteiger partial charge in [0.05, 0.1) is 4.90 Å². The minimum Gasteiger partial charge on any atom is -0.207 e. The molecule has 0 spiro atoms. The molecule has 0 aliphatic heterocycles. The Bertz CT molecular complexity index is 1220. The van der Waals surface area contributed by atoms with Crippen LogP contribution >= 0.6 is 0 Å². The Hall–Kier alpha value is -2.99. The van der Waals surface area contributed by atoms with Gasteiger partial charge in [0.15, 0.2) is 0 Å². The van der Waals surface area contributed by atoms with Crippen LogP contribution in [0, 0.1) is 6.92 Å². The maximum Gasteiger partial charge on any atom is 0.240 e. The van der Waals surface area contributed by atoms with Gasteiger partial charge < -0.3 is 0 Å². The van der Waals surface area contributed by atoms with Crippen molar-refractivity contribution in [1.82, 2.24) is 4.72 Å². The monoisotopic (exact) mass is 457 g/mol. The zero-order chi connectivity index (χ0) is 22.6. The predicted octanol–water partition coefficient (Wildman–Crippen LogP) is 4.45. The van der Waals surface area contributed by atoms with Crippen molar-refractivity contribution < 1.29 is 8.42 Å². The van der Waals surface area contributed by atoms with Gasteiger partial charge in [-0.15, -0.1) is 0 Å². The van der Waals surface area contributed by atoms with Crippen LogP contribution in [0.25, 0.3) is 0 Å². The summed E-state index contributed by atoms with van der Waals surface area (Å²) in [4.78, 5) is 0.279. The highest BCUT2D eigenvalue weighted by molar-refractivity contribution is 7.89. The standard InChI is InChI=1S/C27H27NO2SSi/c1-22-18-20-24(21-19-22)31(29,30)28-27(23-12-6-3-7-13-23)32(2,25-14-8-4-9-15-25)26-16-10-5-11-17-26/h3-21,27-28H,1-2H3. The van der Waals surface area contributed by atoms with E-state index in [2.05, 4.69) is 35.5 Å².